The number of aliphatic imine (C=N–C) groups is 1. The molecule has 0 radical (unpaired) electrons. The molecule has 1 aliphatic carbocycles. The smallest absolute Gasteiger partial charge is 0.226 e. The first-order valence-electron chi connectivity index (χ1n) is 9.69. The van der Waals surface area contributed by atoms with Crippen LogP contribution >= 0.6 is 0 Å². The lowest BCUT2D eigenvalue weighted by Gasteiger charge is -2.30. The molecule has 3 aliphatic rings. The Labute approximate surface area is 158 Å². The van der Waals surface area contributed by atoms with Gasteiger partial charge in [-0.2, -0.15) is 0 Å². The largest absolute Gasteiger partial charge is 0.341 e. The molecule has 2 aromatic rings. The summed E-state index contributed by atoms with van der Waals surface area (Å²) in [6.45, 7) is 3.04. The molecule has 2 aliphatic heterocycles. The molecule has 0 N–H and O–H groups in total. The Morgan fingerprint density at radius 2 is 2.07 bits per heavy atom. The zero-order valence-electron chi connectivity index (χ0n) is 15.9. The van der Waals surface area contributed by atoms with Crippen LogP contribution in [0.3, 0.4) is 0 Å². The lowest BCUT2D eigenvalue weighted by atomic mass is 9.97. The van der Waals surface area contributed by atoms with Gasteiger partial charge >= 0.3 is 0 Å². The van der Waals surface area contributed by atoms with E-state index in [-0.39, 0.29) is 24.2 Å². The minimum Gasteiger partial charge on any atom is -0.341 e. The normalized spacial score (nSPS) is 18.9. The zero-order valence-corrected chi connectivity index (χ0v) is 15.9. The molecule has 1 amide bonds. The number of amides is 1. The molecular weight excluding hydrogens is 340 g/mol. The van der Waals surface area contributed by atoms with Crippen LogP contribution in [0.4, 0.5) is 0 Å². The average molecular weight is 364 g/mol. The van der Waals surface area contributed by atoms with E-state index in [1.807, 2.05) is 17.0 Å². The van der Waals surface area contributed by atoms with E-state index in [1.165, 1.54) is 0 Å². The summed E-state index contributed by atoms with van der Waals surface area (Å²) in [6, 6.07) is 5.97. The van der Waals surface area contributed by atoms with Crippen LogP contribution < -0.4 is 0 Å². The fraction of sp³-hybridized carbons (Fsp3) is 0.476. The fourth-order valence-corrected chi connectivity index (χ4v) is 4.34. The summed E-state index contributed by atoms with van der Waals surface area (Å²) < 4.78 is 2.30. The second-order valence-corrected chi connectivity index (χ2v) is 8.13. The second-order valence-electron chi connectivity index (χ2n) is 8.13. The van der Waals surface area contributed by atoms with Gasteiger partial charge in [0.05, 0.1) is 18.8 Å². The molecule has 6 heteroatoms. The van der Waals surface area contributed by atoms with Crippen LogP contribution in [0.1, 0.15) is 34.5 Å². The van der Waals surface area contributed by atoms with Crippen LogP contribution in [-0.2, 0) is 17.9 Å². The van der Waals surface area contributed by atoms with E-state index in [1.54, 1.807) is 0 Å². The molecule has 0 unspecified atom stereocenters. The van der Waals surface area contributed by atoms with Gasteiger partial charge in [0, 0.05) is 46.7 Å². The molecule has 3 heterocycles. The van der Waals surface area contributed by atoms with E-state index >= 15 is 0 Å². The number of carbonyl (C=O) groups is 2. The van der Waals surface area contributed by atoms with Gasteiger partial charge in [-0.1, -0.05) is 12.1 Å². The van der Waals surface area contributed by atoms with Crippen LogP contribution in [0.2, 0.25) is 0 Å². The molecule has 0 bridgehead atoms. The molecule has 6 nitrogen and oxygen atoms in total. The summed E-state index contributed by atoms with van der Waals surface area (Å²) in [7, 11) is 4.12. The van der Waals surface area contributed by atoms with E-state index in [0.717, 1.165) is 59.4 Å². The van der Waals surface area contributed by atoms with Gasteiger partial charge < -0.3 is 14.4 Å². The molecule has 1 aromatic heterocycles. The van der Waals surface area contributed by atoms with Crippen LogP contribution in [-0.4, -0.2) is 65.5 Å². The van der Waals surface area contributed by atoms with Crippen molar-refractivity contribution < 1.29 is 9.59 Å². The molecule has 1 fully saturated rings. The van der Waals surface area contributed by atoms with Crippen molar-refractivity contribution in [1.29, 1.82) is 0 Å². The lowest BCUT2D eigenvalue weighted by Crippen LogP contribution is -2.41. The number of aromatic nitrogens is 1. The van der Waals surface area contributed by atoms with E-state index in [2.05, 4.69) is 34.6 Å². The number of nitrogens with zero attached hydrogens (tertiary/aromatic N) is 4. The average Bonchev–Trinajstić information content (AvgIpc) is 3.46. The van der Waals surface area contributed by atoms with Gasteiger partial charge in [-0.15, -0.1) is 0 Å². The second kappa shape index (κ2) is 6.02. The molecule has 0 atom stereocenters. The number of likely N-dealkylation sites (N-methyl/N-ethyl adjacent to an activating group) is 1. The molecule has 5 rings (SSSR count). The highest BCUT2D eigenvalue weighted by atomic mass is 16.2. The van der Waals surface area contributed by atoms with Gasteiger partial charge in [-0.05, 0) is 33.0 Å². The predicted octanol–water partition coefficient (Wildman–Crippen LogP) is 1.94. The van der Waals surface area contributed by atoms with Crippen molar-refractivity contribution in [3.8, 4) is 0 Å². The SMILES string of the molecule is CN(C)CCn1c2c3c4c(cccc41)C(=O)CN=C3CN(C(=O)C1CC1)C2. The van der Waals surface area contributed by atoms with Gasteiger partial charge in [-0.3, -0.25) is 14.6 Å². The van der Waals surface area contributed by atoms with Crippen LogP contribution in [0.25, 0.3) is 10.9 Å². The van der Waals surface area contributed by atoms with Gasteiger partial charge in [0.2, 0.25) is 5.91 Å². The maximum absolute atomic E-state index is 12.8. The standard InChI is InChI=1S/C21H24N4O2/c1-23(2)8-9-25-16-5-3-4-14-18(26)10-22-15-11-24(21(27)13-6-7-13)12-17(25)20(15)19(14)16/h3-5,13H,6-12H2,1-2H3. The summed E-state index contributed by atoms with van der Waals surface area (Å²) in [5.74, 6) is 0.494. The number of carbonyl (C=O) groups excluding carboxylic acids is 2. The highest BCUT2D eigenvalue weighted by Gasteiger charge is 2.39. The number of Topliss-reactive ketones (excluding diaryl/α,β-unsaturated/α-hetero) is 1. The van der Waals surface area contributed by atoms with Gasteiger partial charge in [0.25, 0.3) is 0 Å². The highest BCUT2D eigenvalue weighted by Crippen LogP contribution is 2.37. The minimum absolute atomic E-state index is 0.0649. The monoisotopic (exact) mass is 364 g/mol. The van der Waals surface area contributed by atoms with Crippen molar-refractivity contribution in [3.05, 3.63) is 35.0 Å². The highest BCUT2D eigenvalue weighted by molar-refractivity contribution is 6.23. The Bertz CT molecular complexity index is 997. The summed E-state index contributed by atoms with van der Waals surface area (Å²) in [5.41, 5.74) is 4.99. The topological polar surface area (TPSA) is 57.9 Å². The van der Waals surface area contributed by atoms with Gasteiger partial charge in [-0.25, -0.2) is 0 Å². The van der Waals surface area contributed by atoms with Gasteiger partial charge in [0.15, 0.2) is 5.78 Å². The Morgan fingerprint density at radius 3 is 2.81 bits per heavy atom. The Balaban J connectivity index is 1.71. The quantitative estimate of drug-likeness (QED) is 0.833. The van der Waals surface area contributed by atoms with Crippen LogP contribution in [0, 0.1) is 5.92 Å². The van der Waals surface area contributed by atoms with Crippen molar-refractivity contribution in [2.24, 2.45) is 10.9 Å². The van der Waals surface area contributed by atoms with Crippen molar-refractivity contribution in [2.75, 3.05) is 33.7 Å². The lowest BCUT2D eigenvalue weighted by molar-refractivity contribution is -0.132. The summed E-state index contributed by atoms with van der Waals surface area (Å²) >= 11 is 0. The number of hydrogen-bond donors (Lipinski definition) is 0. The summed E-state index contributed by atoms with van der Waals surface area (Å²) in [4.78, 5) is 34.2. The maximum Gasteiger partial charge on any atom is 0.226 e. The van der Waals surface area contributed by atoms with Crippen molar-refractivity contribution >= 4 is 28.3 Å². The van der Waals surface area contributed by atoms with E-state index in [0.29, 0.717) is 13.1 Å². The third kappa shape index (κ3) is 2.62. The molecule has 1 aromatic carbocycles. The van der Waals surface area contributed by atoms with Crippen molar-refractivity contribution in [1.82, 2.24) is 14.4 Å². The van der Waals surface area contributed by atoms with Gasteiger partial charge in [0.1, 0.15) is 6.54 Å². The van der Waals surface area contributed by atoms with E-state index in [9.17, 15) is 9.59 Å². The molecule has 140 valence electrons. The zero-order chi connectivity index (χ0) is 18.7. The Hall–Kier alpha value is -2.47. The first kappa shape index (κ1) is 16.7. The maximum atomic E-state index is 12.8. The predicted molar refractivity (Wildman–Crippen MR) is 104 cm³/mol. The van der Waals surface area contributed by atoms with E-state index < -0.39 is 0 Å². The molecule has 1 saturated carbocycles. The Morgan fingerprint density at radius 1 is 1.26 bits per heavy atom. The Kier molecular flexibility index (Phi) is 3.72. The molecule has 0 spiro atoms. The van der Waals surface area contributed by atoms with Crippen molar-refractivity contribution in [2.45, 2.75) is 25.9 Å². The third-order valence-corrected chi connectivity index (χ3v) is 5.89. The van der Waals surface area contributed by atoms with Crippen LogP contribution in [0.5, 0.6) is 0 Å². The van der Waals surface area contributed by atoms with Crippen molar-refractivity contribution in [3.63, 3.8) is 0 Å². The first-order chi connectivity index (χ1) is 13.0. The molecule has 0 saturated heterocycles. The summed E-state index contributed by atoms with van der Waals surface area (Å²) in [6.07, 6.45) is 2.00. The number of benzene rings is 1. The third-order valence-electron chi connectivity index (χ3n) is 5.89. The minimum atomic E-state index is 0.0649. The first-order valence-corrected chi connectivity index (χ1v) is 9.69. The number of hydrogen-bond acceptors (Lipinski definition) is 4. The number of ketones is 1. The van der Waals surface area contributed by atoms with E-state index in [4.69, 9.17) is 0 Å². The van der Waals surface area contributed by atoms with Crippen LogP contribution in [0.15, 0.2) is 23.2 Å². The molecule has 27 heavy (non-hydrogen) atoms. The number of rotatable bonds is 4. The molecular formula is C21H24N4O2. The fourth-order valence-electron chi connectivity index (χ4n) is 4.34. The summed E-state index contributed by atoms with van der Waals surface area (Å²) in [5, 5.41) is 1.03.